The molecule has 0 unspecified atom stereocenters. The molecular weight excluding hydrogens is 524 g/mol. The van der Waals surface area contributed by atoms with Crippen molar-refractivity contribution in [2.75, 3.05) is 0 Å². The standard InChI is InChI=1S/C32H27ClN4O3/c1-3-6-30-34-25-15-13-22(31-35-26-18-23(33)14-16-27(26)36(31)2)17-28(25)37(30)19-20-9-11-21(12-10-20)24-7-4-5-8-29(24)40-32(38)39/h4-5,7-18H,3,6,19H2,1-2H3,(H,38,39). The molecule has 0 aliphatic heterocycles. The molecule has 6 rings (SSSR count). The predicted octanol–water partition coefficient (Wildman–Crippen LogP) is 7.97. The first kappa shape index (κ1) is 25.6. The van der Waals surface area contributed by atoms with Crippen LogP contribution in [0.25, 0.3) is 44.6 Å². The van der Waals surface area contributed by atoms with Gasteiger partial charge in [-0.1, -0.05) is 61.0 Å². The highest BCUT2D eigenvalue weighted by Crippen LogP contribution is 2.32. The van der Waals surface area contributed by atoms with Gasteiger partial charge in [0.2, 0.25) is 0 Å². The number of rotatable bonds is 7. The Labute approximate surface area is 236 Å². The van der Waals surface area contributed by atoms with E-state index in [1.165, 1.54) is 0 Å². The van der Waals surface area contributed by atoms with Gasteiger partial charge in [0.05, 0.1) is 22.1 Å². The summed E-state index contributed by atoms with van der Waals surface area (Å²) in [6, 6.07) is 27.3. The van der Waals surface area contributed by atoms with Crippen LogP contribution in [0.3, 0.4) is 0 Å². The number of imidazole rings is 2. The second-order valence-corrected chi connectivity index (χ2v) is 10.2. The number of nitrogens with zero attached hydrogens (tertiary/aromatic N) is 4. The van der Waals surface area contributed by atoms with E-state index < -0.39 is 6.16 Å². The van der Waals surface area contributed by atoms with Gasteiger partial charge in [-0.15, -0.1) is 0 Å². The van der Waals surface area contributed by atoms with Crippen LogP contribution in [0.15, 0.2) is 84.9 Å². The monoisotopic (exact) mass is 550 g/mol. The Balaban J connectivity index is 1.37. The third kappa shape index (κ3) is 4.80. The van der Waals surface area contributed by atoms with Gasteiger partial charge in [0, 0.05) is 36.2 Å². The van der Waals surface area contributed by atoms with Gasteiger partial charge in [0.25, 0.3) is 0 Å². The minimum atomic E-state index is -1.33. The second-order valence-electron chi connectivity index (χ2n) is 9.76. The average Bonchev–Trinajstić information content (AvgIpc) is 3.45. The van der Waals surface area contributed by atoms with Gasteiger partial charge in [-0.05, 0) is 60.0 Å². The maximum absolute atomic E-state index is 11.1. The van der Waals surface area contributed by atoms with E-state index in [9.17, 15) is 4.79 Å². The van der Waals surface area contributed by atoms with Crippen molar-refractivity contribution >= 4 is 39.8 Å². The highest BCUT2D eigenvalue weighted by Gasteiger charge is 2.16. The van der Waals surface area contributed by atoms with Crippen LogP contribution in [0, 0.1) is 0 Å². The number of ether oxygens (including phenoxy) is 1. The fourth-order valence-electron chi connectivity index (χ4n) is 5.19. The van der Waals surface area contributed by atoms with Crippen LogP contribution >= 0.6 is 11.6 Å². The number of aryl methyl sites for hydroxylation is 2. The topological polar surface area (TPSA) is 82.2 Å². The number of carboxylic acid groups (broad SMARTS) is 1. The molecule has 0 atom stereocenters. The summed E-state index contributed by atoms with van der Waals surface area (Å²) in [5, 5.41) is 9.76. The molecule has 0 radical (unpaired) electrons. The van der Waals surface area contributed by atoms with Gasteiger partial charge in [0.15, 0.2) is 0 Å². The quantitative estimate of drug-likeness (QED) is 0.161. The summed E-state index contributed by atoms with van der Waals surface area (Å²) in [4.78, 5) is 21.0. The summed E-state index contributed by atoms with van der Waals surface area (Å²) < 4.78 is 9.34. The molecule has 2 aromatic heterocycles. The lowest BCUT2D eigenvalue weighted by molar-refractivity contribution is 0.144. The first-order valence-corrected chi connectivity index (χ1v) is 13.5. The third-order valence-corrected chi connectivity index (χ3v) is 7.33. The molecule has 0 saturated carbocycles. The summed E-state index contributed by atoms with van der Waals surface area (Å²) in [6.07, 6.45) is 0.523. The van der Waals surface area contributed by atoms with E-state index in [-0.39, 0.29) is 0 Å². The zero-order valence-corrected chi connectivity index (χ0v) is 22.9. The Hall–Kier alpha value is -4.62. The molecule has 8 heteroatoms. The molecule has 200 valence electrons. The van der Waals surface area contributed by atoms with Crippen molar-refractivity contribution in [1.82, 2.24) is 19.1 Å². The maximum atomic E-state index is 11.1. The molecule has 7 nitrogen and oxygen atoms in total. The molecular formula is C32H27ClN4O3. The number of hydrogen-bond donors (Lipinski definition) is 1. The lowest BCUT2D eigenvalue weighted by Crippen LogP contribution is -2.05. The zero-order valence-electron chi connectivity index (χ0n) is 22.1. The molecule has 0 fully saturated rings. The Morgan fingerprint density at radius 3 is 2.45 bits per heavy atom. The maximum Gasteiger partial charge on any atom is 0.511 e. The van der Waals surface area contributed by atoms with Gasteiger partial charge in [-0.3, -0.25) is 0 Å². The molecule has 4 aromatic carbocycles. The molecule has 0 aliphatic carbocycles. The summed E-state index contributed by atoms with van der Waals surface area (Å²) in [5.74, 6) is 2.22. The van der Waals surface area contributed by atoms with E-state index in [0.29, 0.717) is 17.3 Å². The van der Waals surface area contributed by atoms with E-state index in [1.807, 2.05) is 49.5 Å². The fourth-order valence-corrected chi connectivity index (χ4v) is 5.36. The second kappa shape index (κ2) is 10.5. The van der Waals surface area contributed by atoms with Crippen molar-refractivity contribution in [3.05, 3.63) is 101 Å². The summed E-state index contributed by atoms with van der Waals surface area (Å²) >= 11 is 6.22. The molecule has 1 N–H and O–H groups in total. The molecule has 0 amide bonds. The van der Waals surface area contributed by atoms with Crippen LogP contribution < -0.4 is 4.74 Å². The Morgan fingerprint density at radius 2 is 1.68 bits per heavy atom. The SMILES string of the molecule is CCCc1nc2ccc(-c3nc4cc(Cl)ccc4n3C)cc2n1Cc1ccc(-c2ccccc2OC(=O)O)cc1. The van der Waals surface area contributed by atoms with Crippen molar-refractivity contribution in [3.8, 4) is 28.3 Å². The third-order valence-electron chi connectivity index (χ3n) is 7.09. The Bertz CT molecular complexity index is 1870. The smallest absolute Gasteiger partial charge is 0.449 e. The predicted molar refractivity (Wildman–Crippen MR) is 158 cm³/mol. The van der Waals surface area contributed by atoms with Gasteiger partial charge in [-0.25, -0.2) is 14.8 Å². The lowest BCUT2D eigenvalue weighted by atomic mass is 10.0. The molecule has 2 heterocycles. The Kier molecular flexibility index (Phi) is 6.74. The van der Waals surface area contributed by atoms with Crippen LogP contribution in [-0.4, -0.2) is 30.4 Å². The van der Waals surface area contributed by atoms with Crippen LogP contribution in [0.2, 0.25) is 5.02 Å². The number of carbonyl (C=O) groups is 1. The van der Waals surface area contributed by atoms with Crippen LogP contribution in [0.1, 0.15) is 24.7 Å². The largest absolute Gasteiger partial charge is 0.511 e. The van der Waals surface area contributed by atoms with Crippen molar-refractivity contribution in [2.24, 2.45) is 7.05 Å². The van der Waals surface area contributed by atoms with Gasteiger partial charge >= 0.3 is 6.16 Å². The van der Waals surface area contributed by atoms with Crippen molar-refractivity contribution in [2.45, 2.75) is 26.3 Å². The van der Waals surface area contributed by atoms with Crippen LogP contribution in [0.4, 0.5) is 4.79 Å². The van der Waals surface area contributed by atoms with Crippen molar-refractivity contribution in [1.29, 1.82) is 0 Å². The normalized spacial score (nSPS) is 11.4. The minimum absolute atomic E-state index is 0.310. The highest BCUT2D eigenvalue weighted by atomic mass is 35.5. The lowest BCUT2D eigenvalue weighted by Gasteiger charge is -2.12. The van der Waals surface area contributed by atoms with Gasteiger partial charge < -0.3 is 19.0 Å². The van der Waals surface area contributed by atoms with E-state index in [4.69, 9.17) is 31.4 Å². The van der Waals surface area contributed by atoms with E-state index in [1.54, 1.807) is 12.1 Å². The highest BCUT2D eigenvalue weighted by molar-refractivity contribution is 6.31. The number of aromatic nitrogens is 4. The van der Waals surface area contributed by atoms with Gasteiger partial charge in [0.1, 0.15) is 17.4 Å². The molecule has 0 saturated heterocycles. The molecule has 6 aromatic rings. The molecule has 0 bridgehead atoms. The van der Waals surface area contributed by atoms with E-state index in [2.05, 4.69) is 46.4 Å². The summed E-state index contributed by atoms with van der Waals surface area (Å²) in [7, 11) is 2.02. The molecule has 40 heavy (non-hydrogen) atoms. The molecule has 0 aliphatic rings. The van der Waals surface area contributed by atoms with Crippen LogP contribution in [-0.2, 0) is 20.0 Å². The van der Waals surface area contributed by atoms with Crippen molar-refractivity contribution in [3.63, 3.8) is 0 Å². The zero-order chi connectivity index (χ0) is 27.8. The first-order chi connectivity index (χ1) is 19.4. The van der Waals surface area contributed by atoms with E-state index in [0.717, 1.165) is 68.8 Å². The number of para-hydroxylation sites is 1. The van der Waals surface area contributed by atoms with Crippen molar-refractivity contribution < 1.29 is 14.6 Å². The number of benzene rings is 4. The van der Waals surface area contributed by atoms with Crippen LogP contribution in [0.5, 0.6) is 5.75 Å². The van der Waals surface area contributed by atoms with E-state index >= 15 is 0 Å². The summed E-state index contributed by atoms with van der Waals surface area (Å²) in [6.45, 7) is 2.81. The van der Waals surface area contributed by atoms with Gasteiger partial charge in [-0.2, -0.15) is 0 Å². The number of fused-ring (bicyclic) bond motifs is 2. The first-order valence-electron chi connectivity index (χ1n) is 13.1. The average molecular weight is 551 g/mol. The summed E-state index contributed by atoms with van der Waals surface area (Å²) in [5.41, 5.74) is 7.62. The minimum Gasteiger partial charge on any atom is -0.449 e. The fraction of sp³-hybridized carbons (Fsp3) is 0.156. The number of hydrogen-bond acceptors (Lipinski definition) is 4. The Morgan fingerprint density at radius 1 is 0.900 bits per heavy atom. The number of halogens is 1. The molecule has 0 spiro atoms.